The first kappa shape index (κ1) is 16.5. The van der Waals surface area contributed by atoms with Gasteiger partial charge in [0, 0.05) is 35.3 Å². The lowest BCUT2D eigenvalue weighted by molar-refractivity contribution is -0.145. The molecule has 1 N–H and O–H groups in total. The smallest absolute Gasteiger partial charge is 0.231 e. The van der Waals surface area contributed by atoms with Gasteiger partial charge in [0.25, 0.3) is 0 Å². The Balaban J connectivity index is 1.59. The molecule has 29 heavy (non-hydrogen) atoms. The highest BCUT2D eigenvalue weighted by Crippen LogP contribution is 2.46. The van der Waals surface area contributed by atoms with Crippen molar-refractivity contribution in [1.82, 2.24) is 9.88 Å². The van der Waals surface area contributed by atoms with E-state index in [9.17, 15) is 9.59 Å². The Morgan fingerprint density at radius 3 is 2.79 bits per heavy atom. The Kier molecular flexibility index (Phi) is 3.27. The Morgan fingerprint density at radius 2 is 1.90 bits per heavy atom. The van der Waals surface area contributed by atoms with Crippen LogP contribution < -0.4 is 14.4 Å². The number of ether oxygens (including phenoxy) is 2. The van der Waals surface area contributed by atoms with E-state index in [0.29, 0.717) is 17.9 Å². The first-order valence-electron chi connectivity index (χ1n) is 9.68. The zero-order chi connectivity index (χ0) is 19.7. The quantitative estimate of drug-likeness (QED) is 0.693. The van der Waals surface area contributed by atoms with E-state index < -0.39 is 12.0 Å². The van der Waals surface area contributed by atoms with Crippen molar-refractivity contribution in [1.29, 1.82) is 0 Å². The predicted octanol–water partition coefficient (Wildman–Crippen LogP) is 2.62. The number of carbonyl (C=O) groups excluding carboxylic acids is 2. The second-order valence-corrected chi connectivity index (χ2v) is 7.82. The number of Topliss-reactive ketones (excluding diaryl/α,β-unsaturated/α-hetero) is 1. The summed E-state index contributed by atoms with van der Waals surface area (Å²) in [6, 6.07) is 13.2. The molecular formula is C22H19N3O4. The maximum absolute atomic E-state index is 13.1. The molecule has 1 saturated heterocycles. The van der Waals surface area contributed by atoms with E-state index in [2.05, 4.69) is 11.1 Å². The van der Waals surface area contributed by atoms with Gasteiger partial charge in [-0.25, -0.2) is 0 Å². The standard InChI is InChI=1S/C22H19N3O4/c1-24-10-17(26)20-15(22(24)27)9-14-13-4-2-3-5-16(13)23-21(14)25(20)12-6-7-18-19(8-12)29-11-28-18/h2-8,15,20,23H,9-11H2,1H3/t15-,20?/m0/s1. The van der Waals surface area contributed by atoms with E-state index in [4.69, 9.17) is 9.47 Å². The second kappa shape index (κ2) is 5.76. The first-order valence-corrected chi connectivity index (χ1v) is 9.68. The number of amides is 1. The number of likely N-dealkylation sites (N-methyl/N-ethyl adjacent to an activating group) is 1. The van der Waals surface area contributed by atoms with Crippen LogP contribution in [-0.4, -0.2) is 48.0 Å². The molecule has 2 atom stereocenters. The summed E-state index contributed by atoms with van der Waals surface area (Å²) >= 11 is 0. The van der Waals surface area contributed by atoms with Gasteiger partial charge in [0.2, 0.25) is 12.7 Å². The number of rotatable bonds is 1. The van der Waals surface area contributed by atoms with Crippen molar-refractivity contribution in [2.45, 2.75) is 12.5 Å². The lowest BCUT2D eigenvalue weighted by atomic mass is 9.80. The molecule has 4 heterocycles. The van der Waals surface area contributed by atoms with Crippen molar-refractivity contribution < 1.29 is 19.1 Å². The van der Waals surface area contributed by atoms with Crippen molar-refractivity contribution in [3.05, 3.63) is 48.0 Å². The Bertz CT molecular complexity index is 1180. The van der Waals surface area contributed by atoms with E-state index in [1.54, 1.807) is 11.9 Å². The molecule has 0 radical (unpaired) electrons. The molecular weight excluding hydrogens is 370 g/mol. The van der Waals surface area contributed by atoms with Crippen LogP contribution in [0.1, 0.15) is 5.56 Å². The van der Waals surface area contributed by atoms with Gasteiger partial charge in [-0.15, -0.1) is 0 Å². The van der Waals surface area contributed by atoms with Crippen molar-refractivity contribution in [3.63, 3.8) is 0 Å². The molecule has 2 aromatic carbocycles. The number of nitrogens with zero attached hydrogens (tertiary/aromatic N) is 2. The first-order chi connectivity index (χ1) is 14.1. The minimum Gasteiger partial charge on any atom is -0.454 e. The van der Waals surface area contributed by atoms with E-state index >= 15 is 0 Å². The lowest BCUT2D eigenvalue weighted by Crippen LogP contribution is -2.60. The molecule has 0 aliphatic carbocycles. The van der Waals surface area contributed by atoms with E-state index in [0.717, 1.165) is 28.0 Å². The highest BCUT2D eigenvalue weighted by atomic mass is 16.7. The molecule has 1 unspecified atom stereocenters. The Morgan fingerprint density at radius 1 is 1.07 bits per heavy atom. The van der Waals surface area contributed by atoms with Gasteiger partial charge in [-0.3, -0.25) is 9.59 Å². The molecule has 7 nitrogen and oxygen atoms in total. The summed E-state index contributed by atoms with van der Waals surface area (Å²) in [7, 11) is 1.70. The summed E-state index contributed by atoms with van der Waals surface area (Å²) in [5, 5.41) is 1.08. The number of para-hydroxylation sites is 1. The van der Waals surface area contributed by atoms with Crippen LogP contribution in [0.15, 0.2) is 42.5 Å². The zero-order valence-corrected chi connectivity index (χ0v) is 15.8. The second-order valence-electron chi connectivity index (χ2n) is 7.82. The van der Waals surface area contributed by atoms with Crippen LogP contribution in [0.25, 0.3) is 10.9 Å². The van der Waals surface area contributed by atoms with Gasteiger partial charge in [-0.2, -0.15) is 0 Å². The summed E-state index contributed by atoms with van der Waals surface area (Å²) in [6.07, 6.45) is 0.542. The fourth-order valence-electron chi connectivity index (χ4n) is 4.85. The molecule has 3 aliphatic heterocycles. The van der Waals surface area contributed by atoms with Crippen LogP contribution in [0.3, 0.4) is 0 Å². The van der Waals surface area contributed by atoms with Gasteiger partial charge >= 0.3 is 0 Å². The van der Waals surface area contributed by atoms with Crippen LogP contribution in [-0.2, 0) is 16.0 Å². The predicted molar refractivity (Wildman–Crippen MR) is 107 cm³/mol. The van der Waals surface area contributed by atoms with Crippen LogP contribution in [0, 0.1) is 5.92 Å². The van der Waals surface area contributed by atoms with Gasteiger partial charge in [-0.1, -0.05) is 18.2 Å². The summed E-state index contributed by atoms with van der Waals surface area (Å²) in [5.74, 6) is 1.84. The molecule has 7 heteroatoms. The zero-order valence-electron chi connectivity index (χ0n) is 15.8. The van der Waals surface area contributed by atoms with Gasteiger partial charge < -0.3 is 24.3 Å². The van der Waals surface area contributed by atoms with Gasteiger partial charge in [-0.05, 0) is 24.6 Å². The number of fused-ring (bicyclic) bond motifs is 5. The number of ketones is 1. The van der Waals surface area contributed by atoms with Crippen LogP contribution in [0.5, 0.6) is 11.5 Å². The largest absolute Gasteiger partial charge is 0.454 e. The molecule has 0 saturated carbocycles. The normalized spacial score (nSPS) is 22.8. The number of aromatic nitrogens is 1. The number of likely N-dealkylation sites (tertiary alicyclic amines) is 1. The summed E-state index contributed by atoms with van der Waals surface area (Å²) in [5.41, 5.74) is 2.87. The van der Waals surface area contributed by atoms with Crippen molar-refractivity contribution in [3.8, 4) is 11.5 Å². The number of benzene rings is 2. The molecule has 3 aliphatic rings. The third kappa shape index (κ3) is 2.24. The highest BCUT2D eigenvalue weighted by Gasteiger charge is 2.49. The van der Waals surface area contributed by atoms with E-state index in [-0.39, 0.29) is 25.0 Å². The molecule has 0 spiro atoms. The summed E-state index contributed by atoms with van der Waals surface area (Å²) < 4.78 is 11.0. The lowest BCUT2D eigenvalue weighted by Gasteiger charge is -2.45. The van der Waals surface area contributed by atoms with Gasteiger partial charge in [0.05, 0.1) is 12.5 Å². The minimum absolute atomic E-state index is 0.0104. The fourth-order valence-corrected chi connectivity index (χ4v) is 4.85. The van der Waals surface area contributed by atoms with Crippen LogP contribution >= 0.6 is 0 Å². The molecule has 3 aromatic rings. The number of piperidine rings is 1. The van der Waals surface area contributed by atoms with Crippen LogP contribution in [0.4, 0.5) is 11.5 Å². The number of nitrogens with one attached hydrogen (secondary N) is 1. The third-order valence-electron chi connectivity index (χ3n) is 6.17. The molecule has 1 fully saturated rings. The number of aromatic amines is 1. The summed E-state index contributed by atoms with van der Waals surface area (Å²) in [6.45, 7) is 0.307. The number of hydrogen-bond acceptors (Lipinski definition) is 5. The minimum atomic E-state index is -0.542. The maximum atomic E-state index is 13.1. The maximum Gasteiger partial charge on any atom is 0.231 e. The summed E-state index contributed by atoms with van der Waals surface area (Å²) in [4.78, 5) is 33.2. The number of anilines is 2. The Labute approximate surface area is 166 Å². The number of carbonyl (C=O) groups is 2. The molecule has 146 valence electrons. The number of hydrogen-bond donors (Lipinski definition) is 1. The van der Waals surface area contributed by atoms with E-state index in [1.165, 1.54) is 0 Å². The number of H-pyrrole nitrogens is 1. The highest BCUT2D eigenvalue weighted by molar-refractivity contribution is 6.04. The molecule has 1 amide bonds. The fraction of sp³-hybridized carbons (Fsp3) is 0.273. The SMILES string of the molecule is CN1CC(=O)C2[C@H](Cc3c([nH]c4ccccc34)N2c2ccc3c(c2)OCO3)C1=O. The Hall–Kier alpha value is -3.48. The third-order valence-corrected chi connectivity index (χ3v) is 6.17. The van der Waals surface area contributed by atoms with Crippen molar-refractivity contribution in [2.75, 3.05) is 25.3 Å². The van der Waals surface area contributed by atoms with Crippen molar-refractivity contribution >= 4 is 34.1 Å². The topological polar surface area (TPSA) is 74.9 Å². The molecule has 6 rings (SSSR count). The average Bonchev–Trinajstić information content (AvgIpc) is 3.34. The van der Waals surface area contributed by atoms with E-state index in [1.807, 2.05) is 41.3 Å². The molecule has 0 bridgehead atoms. The van der Waals surface area contributed by atoms with Gasteiger partial charge in [0.15, 0.2) is 17.3 Å². The van der Waals surface area contributed by atoms with Crippen LogP contribution in [0.2, 0.25) is 0 Å². The monoisotopic (exact) mass is 389 g/mol. The van der Waals surface area contributed by atoms with Crippen molar-refractivity contribution in [2.24, 2.45) is 5.92 Å². The molecule has 1 aromatic heterocycles. The average molecular weight is 389 g/mol. The van der Waals surface area contributed by atoms with Gasteiger partial charge in [0.1, 0.15) is 11.9 Å².